The summed E-state index contributed by atoms with van der Waals surface area (Å²) < 4.78 is 1.60. The monoisotopic (exact) mass is 544 g/mol. The Morgan fingerprint density at radius 2 is 1.61 bits per heavy atom. The Morgan fingerprint density at radius 1 is 0.921 bits per heavy atom. The Kier molecular flexibility index (Phi) is 4.96. The molecule has 4 heterocycles. The van der Waals surface area contributed by atoms with E-state index in [0.717, 1.165) is 5.56 Å². The van der Waals surface area contributed by atoms with Crippen LogP contribution in [0.1, 0.15) is 25.2 Å². The van der Waals surface area contributed by atoms with Gasteiger partial charge in [-0.15, -0.1) is 0 Å². The van der Waals surface area contributed by atoms with E-state index in [1.807, 2.05) is 44.2 Å². The Balaban J connectivity index is 1.53. The summed E-state index contributed by atoms with van der Waals surface area (Å²) >= 11 is 12.5. The number of hydrogen-bond donors (Lipinski definition) is 1. The number of aromatic nitrogens is 2. The fourth-order valence-corrected chi connectivity index (χ4v) is 7.16. The van der Waals surface area contributed by atoms with Crippen LogP contribution in [0.3, 0.4) is 0 Å². The summed E-state index contributed by atoms with van der Waals surface area (Å²) in [6.45, 7) is 4.04. The maximum Gasteiger partial charge on any atom is 0.266 e. The van der Waals surface area contributed by atoms with E-state index in [1.54, 1.807) is 41.0 Å². The van der Waals surface area contributed by atoms with Gasteiger partial charge in [0.2, 0.25) is 11.8 Å². The van der Waals surface area contributed by atoms with Crippen LogP contribution in [0.15, 0.2) is 71.5 Å². The molecular weight excluding hydrogens is 523 g/mol. The number of nitrogens with zero attached hydrogens (tertiary/aromatic N) is 3. The van der Waals surface area contributed by atoms with Crippen LogP contribution >= 0.6 is 23.2 Å². The van der Waals surface area contributed by atoms with Crippen molar-refractivity contribution in [2.75, 3.05) is 4.90 Å². The van der Waals surface area contributed by atoms with Crippen LogP contribution in [0.25, 0.3) is 16.6 Å². The van der Waals surface area contributed by atoms with Gasteiger partial charge in [0.15, 0.2) is 0 Å². The molecule has 4 aromatic rings. The van der Waals surface area contributed by atoms with E-state index in [4.69, 9.17) is 28.2 Å². The van der Waals surface area contributed by atoms with Gasteiger partial charge in [0.25, 0.3) is 5.56 Å². The molecule has 2 fully saturated rings. The summed E-state index contributed by atoms with van der Waals surface area (Å²) in [5, 5.41) is 4.83. The second kappa shape index (κ2) is 7.99. The molecule has 3 aliphatic rings. The normalized spacial score (nSPS) is 25.5. The molecule has 1 aromatic heterocycles. The number of fused-ring (bicyclic) bond motifs is 8. The van der Waals surface area contributed by atoms with Gasteiger partial charge in [-0.1, -0.05) is 67.4 Å². The second-order valence-electron chi connectivity index (χ2n) is 10.5. The highest BCUT2D eigenvalue weighted by molar-refractivity contribution is 6.35. The van der Waals surface area contributed by atoms with Crippen LogP contribution in [-0.4, -0.2) is 27.4 Å². The molecule has 4 atom stereocenters. The van der Waals surface area contributed by atoms with Gasteiger partial charge in [-0.3, -0.25) is 24.3 Å². The highest BCUT2D eigenvalue weighted by Crippen LogP contribution is 2.56. The van der Waals surface area contributed by atoms with Crippen molar-refractivity contribution < 1.29 is 9.59 Å². The third kappa shape index (κ3) is 2.89. The van der Waals surface area contributed by atoms with Gasteiger partial charge in [-0.05, 0) is 42.3 Å². The largest absolute Gasteiger partial charge is 0.296 e. The minimum Gasteiger partial charge on any atom is -0.296 e. The van der Waals surface area contributed by atoms with Crippen molar-refractivity contribution in [2.45, 2.75) is 25.4 Å². The number of benzene rings is 3. The number of para-hydroxylation sites is 2. The molecule has 2 saturated heterocycles. The molecule has 3 aliphatic heterocycles. The van der Waals surface area contributed by atoms with Gasteiger partial charge in [0.1, 0.15) is 11.4 Å². The van der Waals surface area contributed by atoms with Crippen molar-refractivity contribution in [1.29, 1.82) is 0 Å². The Bertz CT molecular complexity index is 1750. The predicted molar refractivity (Wildman–Crippen MR) is 146 cm³/mol. The molecule has 1 spiro atoms. The molecule has 0 unspecified atom stereocenters. The lowest BCUT2D eigenvalue weighted by molar-refractivity contribution is -0.123. The SMILES string of the molecule is CC(C)[C@H]1N[C@]2(c3ccccc3-n3c2nc2ccccc2c3=O)[C@H]2C(=O)N(c3cc(Cl)cc(Cl)c3)C(=O)[C@@H]12. The van der Waals surface area contributed by atoms with E-state index in [-0.39, 0.29) is 29.3 Å². The molecule has 7 rings (SSSR count). The number of amides is 2. The van der Waals surface area contributed by atoms with Crippen LogP contribution in [0.5, 0.6) is 0 Å². The Hall–Kier alpha value is -3.52. The first-order valence-corrected chi connectivity index (χ1v) is 13.2. The lowest BCUT2D eigenvalue weighted by Crippen LogP contribution is -2.51. The predicted octanol–water partition coefficient (Wildman–Crippen LogP) is 4.68. The van der Waals surface area contributed by atoms with Crippen molar-refractivity contribution in [3.05, 3.63) is 98.5 Å². The fourth-order valence-electron chi connectivity index (χ4n) is 6.65. The first-order chi connectivity index (χ1) is 18.2. The quantitative estimate of drug-likeness (QED) is 0.370. The van der Waals surface area contributed by atoms with Crippen molar-refractivity contribution in [3.63, 3.8) is 0 Å². The van der Waals surface area contributed by atoms with Crippen molar-refractivity contribution in [3.8, 4) is 5.69 Å². The maximum atomic E-state index is 14.4. The Morgan fingerprint density at radius 3 is 2.34 bits per heavy atom. The molecule has 2 amide bonds. The number of nitrogens with one attached hydrogen (secondary N) is 1. The van der Waals surface area contributed by atoms with E-state index in [2.05, 4.69) is 5.32 Å². The van der Waals surface area contributed by atoms with Gasteiger partial charge >= 0.3 is 0 Å². The molecule has 0 bridgehead atoms. The lowest BCUT2D eigenvalue weighted by atomic mass is 9.75. The van der Waals surface area contributed by atoms with Crippen molar-refractivity contribution in [2.24, 2.45) is 17.8 Å². The summed E-state index contributed by atoms with van der Waals surface area (Å²) in [6.07, 6.45) is 0. The van der Waals surface area contributed by atoms with E-state index in [1.165, 1.54) is 4.90 Å². The lowest BCUT2D eigenvalue weighted by Gasteiger charge is -2.32. The molecule has 3 aromatic carbocycles. The number of hydrogen-bond acceptors (Lipinski definition) is 5. The molecule has 7 nitrogen and oxygen atoms in total. The standard InChI is InChI=1S/C29H22Cl2N4O3/c1-14(2)24-22-23(27(38)34(26(22)37)17-12-15(30)11-16(31)13-17)29(33-24)19-8-4-6-10-21(19)35-25(36)18-7-3-5-9-20(18)32-28(29)35/h3-14,22-24,33H,1-2H3/t22-,23-,24-,29-/m1/s1. The third-order valence-electron chi connectivity index (χ3n) is 8.12. The van der Waals surface area contributed by atoms with E-state index in [9.17, 15) is 14.4 Å². The molecular formula is C29H22Cl2N4O3. The van der Waals surface area contributed by atoms with Crippen LogP contribution in [0.4, 0.5) is 5.69 Å². The molecule has 0 aliphatic carbocycles. The van der Waals surface area contributed by atoms with Gasteiger partial charge in [0.05, 0.1) is 34.1 Å². The summed E-state index contributed by atoms with van der Waals surface area (Å²) in [6, 6.07) is 19.1. The third-order valence-corrected chi connectivity index (χ3v) is 8.56. The van der Waals surface area contributed by atoms with Gasteiger partial charge in [0, 0.05) is 21.7 Å². The van der Waals surface area contributed by atoms with Gasteiger partial charge in [-0.25, -0.2) is 9.88 Å². The van der Waals surface area contributed by atoms with Crippen LogP contribution in [0, 0.1) is 17.8 Å². The molecule has 1 N–H and O–H groups in total. The van der Waals surface area contributed by atoms with Crippen LogP contribution in [-0.2, 0) is 15.1 Å². The van der Waals surface area contributed by atoms with E-state index in [0.29, 0.717) is 38.1 Å². The Labute approximate surface area is 228 Å². The topological polar surface area (TPSA) is 84.3 Å². The zero-order valence-corrected chi connectivity index (χ0v) is 22.0. The molecule has 190 valence electrons. The minimum atomic E-state index is -1.18. The number of carbonyl (C=O) groups excluding carboxylic acids is 2. The zero-order valence-electron chi connectivity index (χ0n) is 20.5. The first-order valence-electron chi connectivity index (χ1n) is 12.5. The van der Waals surface area contributed by atoms with E-state index >= 15 is 0 Å². The number of rotatable bonds is 2. The van der Waals surface area contributed by atoms with Crippen LogP contribution in [0.2, 0.25) is 10.0 Å². The van der Waals surface area contributed by atoms with Crippen molar-refractivity contribution in [1.82, 2.24) is 14.9 Å². The molecule has 38 heavy (non-hydrogen) atoms. The second-order valence-corrected chi connectivity index (χ2v) is 11.3. The summed E-state index contributed by atoms with van der Waals surface area (Å²) in [5.41, 5.74) is 0.897. The van der Waals surface area contributed by atoms with Crippen LogP contribution < -0.4 is 15.8 Å². The average molecular weight is 545 g/mol. The molecule has 0 saturated carbocycles. The maximum absolute atomic E-state index is 14.4. The summed E-state index contributed by atoms with van der Waals surface area (Å²) in [4.78, 5) is 48.5. The van der Waals surface area contributed by atoms with E-state index < -0.39 is 17.4 Å². The van der Waals surface area contributed by atoms with Gasteiger partial charge in [-0.2, -0.15) is 0 Å². The first kappa shape index (κ1) is 23.6. The highest BCUT2D eigenvalue weighted by Gasteiger charge is 2.70. The highest BCUT2D eigenvalue weighted by atomic mass is 35.5. The average Bonchev–Trinajstić information content (AvgIpc) is 3.47. The number of carbonyl (C=O) groups is 2. The molecule has 9 heteroatoms. The number of halogens is 2. The number of imide groups is 1. The van der Waals surface area contributed by atoms with Crippen molar-refractivity contribution >= 4 is 51.6 Å². The molecule has 0 radical (unpaired) electrons. The summed E-state index contributed by atoms with van der Waals surface area (Å²) in [7, 11) is 0. The summed E-state index contributed by atoms with van der Waals surface area (Å²) in [5.74, 6) is -1.77. The number of anilines is 1. The minimum absolute atomic E-state index is 0.00918. The zero-order chi connectivity index (χ0) is 26.5. The van der Waals surface area contributed by atoms with Gasteiger partial charge < -0.3 is 0 Å². The smallest absolute Gasteiger partial charge is 0.266 e. The fraction of sp³-hybridized carbons (Fsp3) is 0.241.